The molecule has 1 unspecified atom stereocenters. The normalized spacial score (nSPS) is 19.6. The van der Waals surface area contributed by atoms with Gasteiger partial charge in [-0.3, -0.25) is 0 Å². The fraction of sp³-hybridized carbons (Fsp3) is 1.00. The van der Waals surface area contributed by atoms with Crippen LogP contribution in [-0.4, -0.2) is 33.0 Å². The van der Waals surface area contributed by atoms with Crippen molar-refractivity contribution in [2.45, 2.75) is 53.4 Å². The molecule has 114 valence electrons. The lowest BCUT2D eigenvalue weighted by Crippen LogP contribution is -2.35. The molecule has 0 heterocycles. The van der Waals surface area contributed by atoms with Gasteiger partial charge in [-0.1, -0.05) is 27.7 Å². The van der Waals surface area contributed by atoms with Crippen molar-refractivity contribution in [2.24, 2.45) is 17.3 Å². The Labute approximate surface area is 119 Å². The van der Waals surface area contributed by atoms with E-state index in [1.807, 2.05) is 0 Å². The Morgan fingerprint density at radius 3 is 2.42 bits per heavy atom. The van der Waals surface area contributed by atoms with Crippen LogP contribution in [0.15, 0.2) is 0 Å². The molecule has 0 aromatic carbocycles. The van der Waals surface area contributed by atoms with E-state index >= 15 is 0 Å². The third-order valence-electron chi connectivity index (χ3n) is 4.29. The largest absolute Gasteiger partial charge is 0.316 e. The Morgan fingerprint density at radius 1 is 1.32 bits per heavy atom. The maximum Gasteiger partial charge on any atom is 0.150 e. The molecule has 1 aliphatic carbocycles. The van der Waals surface area contributed by atoms with Crippen LogP contribution in [0.4, 0.5) is 0 Å². The standard InChI is InChI=1S/C15H31NO2S/c1-5-19(17,18)10-6-9-15(4,14-7-8-14)12-16-11-13(2)3/h13-14,16H,5-12H2,1-4H3. The molecule has 4 heteroatoms. The maximum absolute atomic E-state index is 11.6. The van der Waals surface area contributed by atoms with Crippen molar-refractivity contribution >= 4 is 9.84 Å². The van der Waals surface area contributed by atoms with E-state index in [2.05, 4.69) is 26.1 Å². The molecule has 1 fully saturated rings. The lowest BCUT2D eigenvalue weighted by atomic mass is 9.80. The van der Waals surface area contributed by atoms with Gasteiger partial charge in [0.15, 0.2) is 0 Å². The molecule has 1 rings (SSSR count). The lowest BCUT2D eigenvalue weighted by molar-refractivity contribution is 0.231. The number of sulfone groups is 1. The van der Waals surface area contributed by atoms with E-state index in [9.17, 15) is 8.42 Å². The van der Waals surface area contributed by atoms with E-state index in [0.717, 1.165) is 31.8 Å². The van der Waals surface area contributed by atoms with Crippen LogP contribution < -0.4 is 5.32 Å². The first-order chi connectivity index (χ1) is 8.79. The highest BCUT2D eigenvalue weighted by molar-refractivity contribution is 7.91. The van der Waals surface area contributed by atoms with Gasteiger partial charge in [0.2, 0.25) is 0 Å². The summed E-state index contributed by atoms with van der Waals surface area (Å²) < 4.78 is 23.1. The molecule has 0 bridgehead atoms. The van der Waals surface area contributed by atoms with Crippen LogP contribution in [0.25, 0.3) is 0 Å². The zero-order chi connectivity index (χ0) is 14.5. The first kappa shape index (κ1) is 17.0. The molecule has 0 aromatic rings. The van der Waals surface area contributed by atoms with Crippen LogP contribution >= 0.6 is 0 Å². The van der Waals surface area contributed by atoms with E-state index in [0.29, 0.717) is 11.7 Å². The van der Waals surface area contributed by atoms with Gasteiger partial charge in [-0.25, -0.2) is 8.42 Å². The fourth-order valence-electron chi connectivity index (χ4n) is 2.70. The Morgan fingerprint density at radius 2 is 1.95 bits per heavy atom. The number of rotatable bonds is 10. The van der Waals surface area contributed by atoms with Gasteiger partial charge >= 0.3 is 0 Å². The Kier molecular flexibility index (Phi) is 6.31. The molecule has 0 aliphatic heterocycles. The molecule has 0 amide bonds. The summed E-state index contributed by atoms with van der Waals surface area (Å²) in [5, 5.41) is 3.56. The monoisotopic (exact) mass is 289 g/mol. The smallest absolute Gasteiger partial charge is 0.150 e. The van der Waals surface area contributed by atoms with Crippen molar-refractivity contribution in [3.63, 3.8) is 0 Å². The second-order valence-electron chi connectivity index (χ2n) is 6.79. The highest BCUT2D eigenvalue weighted by Crippen LogP contribution is 2.47. The second kappa shape index (κ2) is 7.07. The van der Waals surface area contributed by atoms with E-state index < -0.39 is 9.84 Å². The Balaban J connectivity index is 2.39. The summed E-state index contributed by atoms with van der Waals surface area (Å²) >= 11 is 0. The topological polar surface area (TPSA) is 46.2 Å². The molecule has 3 nitrogen and oxygen atoms in total. The van der Waals surface area contributed by atoms with Gasteiger partial charge in [-0.2, -0.15) is 0 Å². The number of nitrogens with one attached hydrogen (secondary N) is 1. The third kappa shape index (κ3) is 6.26. The molecule has 0 radical (unpaired) electrons. The van der Waals surface area contributed by atoms with Gasteiger partial charge in [-0.15, -0.1) is 0 Å². The first-order valence-corrected chi connectivity index (χ1v) is 9.52. The van der Waals surface area contributed by atoms with Crippen molar-refractivity contribution in [3.05, 3.63) is 0 Å². The van der Waals surface area contributed by atoms with E-state index in [4.69, 9.17) is 0 Å². The number of hydrogen-bond donors (Lipinski definition) is 1. The van der Waals surface area contributed by atoms with Crippen LogP contribution in [0.1, 0.15) is 53.4 Å². The average molecular weight is 289 g/mol. The van der Waals surface area contributed by atoms with Crippen molar-refractivity contribution < 1.29 is 8.42 Å². The fourth-order valence-corrected chi connectivity index (χ4v) is 3.58. The quantitative estimate of drug-likeness (QED) is 0.672. The molecular formula is C15H31NO2S. The maximum atomic E-state index is 11.6. The summed E-state index contributed by atoms with van der Waals surface area (Å²) in [5.41, 5.74) is 0.290. The molecular weight excluding hydrogens is 258 g/mol. The minimum atomic E-state index is -2.80. The van der Waals surface area contributed by atoms with Gasteiger partial charge in [0.05, 0.1) is 5.75 Å². The molecule has 1 saturated carbocycles. The van der Waals surface area contributed by atoms with Crippen LogP contribution in [0.3, 0.4) is 0 Å². The minimum Gasteiger partial charge on any atom is -0.316 e. The highest BCUT2D eigenvalue weighted by atomic mass is 32.2. The van der Waals surface area contributed by atoms with E-state index in [-0.39, 0.29) is 11.2 Å². The molecule has 1 N–H and O–H groups in total. The molecule has 1 aliphatic rings. The second-order valence-corrected chi connectivity index (χ2v) is 9.27. The van der Waals surface area contributed by atoms with E-state index in [1.165, 1.54) is 12.8 Å². The van der Waals surface area contributed by atoms with Crippen LogP contribution in [-0.2, 0) is 9.84 Å². The summed E-state index contributed by atoms with van der Waals surface area (Å²) in [6.45, 7) is 10.6. The molecule has 19 heavy (non-hydrogen) atoms. The molecule has 1 atom stereocenters. The zero-order valence-electron chi connectivity index (χ0n) is 13.0. The van der Waals surface area contributed by atoms with Crippen molar-refractivity contribution in [1.29, 1.82) is 0 Å². The SMILES string of the molecule is CCS(=O)(=O)CCCC(C)(CNCC(C)C)C1CC1. The van der Waals surface area contributed by atoms with Crippen LogP contribution in [0, 0.1) is 17.3 Å². The summed E-state index contributed by atoms with van der Waals surface area (Å²) in [6, 6.07) is 0. The highest BCUT2D eigenvalue weighted by Gasteiger charge is 2.40. The van der Waals surface area contributed by atoms with Crippen molar-refractivity contribution in [2.75, 3.05) is 24.6 Å². The van der Waals surface area contributed by atoms with Gasteiger partial charge < -0.3 is 5.32 Å². The number of hydrogen-bond acceptors (Lipinski definition) is 3. The molecule has 0 spiro atoms. The van der Waals surface area contributed by atoms with Gasteiger partial charge in [0.25, 0.3) is 0 Å². The lowest BCUT2D eigenvalue weighted by Gasteiger charge is -2.30. The summed E-state index contributed by atoms with van der Waals surface area (Å²) in [7, 11) is -2.80. The van der Waals surface area contributed by atoms with Crippen molar-refractivity contribution in [3.8, 4) is 0 Å². The summed E-state index contributed by atoms with van der Waals surface area (Å²) in [4.78, 5) is 0. The summed E-state index contributed by atoms with van der Waals surface area (Å²) in [6.07, 6.45) is 4.48. The van der Waals surface area contributed by atoms with Gasteiger partial charge in [-0.05, 0) is 49.5 Å². The predicted octanol–water partition coefficient (Wildman–Crippen LogP) is 2.86. The molecule has 0 aromatic heterocycles. The summed E-state index contributed by atoms with van der Waals surface area (Å²) in [5.74, 6) is 2.11. The van der Waals surface area contributed by atoms with Crippen LogP contribution in [0.2, 0.25) is 0 Å². The first-order valence-electron chi connectivity index (χ1n) is 7.70. The average Bonchev–Trinajstić information content (AvgIpc) is 3.12. The Hall–Kier alpha value is -0.0900. The minimum absolute atomic E-state index is 0.277. The van der Waals surface area contributed by atoms with Crippen LogP contribution in [0.5, 0.6) is 0 Å². The predicted molar refractivity (Wildman–Crippen MR) is 82.1 cm³/mol. The third-order valence-corrected chi connectivity index (χ3v) is 6.08. The zero-order valence-corrected chi connectivity index (χ0v) is 13.9. The Bertz CT molecular complexity index is 360. The van der Waals surface area contributed by atoms with Crippen molar-refractivity contribution in [1.82, 2.24) is 5.32 Å². The van der Waals surface area contributed by atoms with E-state index in [1.54, 1.807) is 6.92 Å². The molecule has 0 saturated heterocycles. The van der Waals surface area contributed by atoms with Gasteiger partial charge in [0, 0.05) is 12.3 Å². The van der Waals surface area contributed by atoms with Gasteiger partial charge in [0.1, 0.15) is 9.84 Å².